The van der Waals surface area contributed by atoms with Crippen LogP contribution in [0.5, 0.6) is 5.75 Å². The first-order valence-corrected chi connectivity index (χ1v) is 6.85. The highest BCUT2D eigenvalue weighted by Gasteiger charge is 1.98. The molecule has 0 aromatic heterocycles. The van der Waals surface area contributed by atoms with E-state index in [9.17, 15) is 0 Å². The highest BCUT2D eigenvalue weighted by atomic mass is 32.2. The third kappa shape index (κ3) is 3.52. The summed E-state index contributed by atoms with van der Waals surface area (Å²) in [5, 5.41) is 0. The van der Waals surface area contributed by atoms with Crippen LogP contribution in [0.1, 0.15) is 11.1 Å². The van der Waals surface area contributed by atoms with Gasteiger partial charge in [-0.1, -0.05) is 30.3 Å². The maximum atomic E-state index is 5.58. The second kappa shape index (κ2) is 6.47. The van der Waals surface area contributed by atoms with Crippen LogP contribution >= 0.6 is 11.8 Å². The third-order valence-corrected chi connectivity index (χ3v) is 3.77. The van der Waals surface area contributed by atoms with E-state index in [1.165, 1.54) is 16.0 Å². The van der Waals surface area contributed by atoms with Crippen molar-refractivity contribution in [2.75, 3.05) is 7.11 Å². The van der Waals surface area contributed by atoms with Crippen molar-refractivity contribution in [2.24, 2.45) is 5.73 Å². The van der Waals surface area contributed by atoms with E-state index in [0.717, 1.165) is 11.5 Å². The van der Waals surface area contributed by atoms with Gasteiger partial charge in [0, 0.05) is 17.2 Å². The van der Waals surface area contributed by atoms with Crippen molar-refractivity contribution in [1.29, 1.82) is 0 Å². The minimum Gasteiger partial charge on any atom is -0.497 e. The highest BCUT2D eigenvalue weighted by Crippen LogP contribution is 2.26. The van der Waals surface area contributed by atoms with E-state index in [1.54, 1.807) is 18.9 Å². The minimum atomic E-state index is 0.601. The van der Waals surface area contributed by atoms with Gasteiger partial charge in [0.1, 0.15) is 5.75 Å². The lowest BCUT2D eigenvalue weighted by molar-refractivity contribution is 0.413. The molecule has 0 unspecified atom stereocenters. The Balaban J connectivity index is 1.97. The van der Waals surface area contributed by atoms with E-state index >= 15 is 0 Å². The number of thioether (sulfide) groups is 1. The van der Waals surface area contributed by atoms with Gasteiger partial charge in [0.25, 0.3) is 0 Å². The van der Waals surface area contributed by atoms with Crippen molar-refractivity contribution >= 4 is 11.8 Å². The molecule has 0 amide bonds. The zero-order valence-corrected chi connectivity index (χ0v) is 11.2. The van der Waals surface area contributed by atoms with E-state index in [4.69, 9.17) is 10.5 Å². The van der Waals surface area contributed by atoms with Crippen molar-refractivity contribution < 1.29 is 4.74 Å². The molecular weight excluding hydrogens is 242 g/mol. The number of rotatable bonds is 5. The quantitative estimate of drug-likeness (QED) is 0.835. The van der Waals surface area contributed by atoms with Crippen LogP contribution in [0.4, 0.5) is 0 Å². The Kier molecular flexibility index (Phi) is 4.67. The fraction of sp³-hybridized carbons (Fsp3) is 0.200. The van der Waals surface area contributed by atoms with E-state index in [-0.39, 0.29) is 0 Å². The molecule has 2 rings (SSSR count). The highest BCUT2D eigenvalue weighted by molar-refractivity contribution is 7.98. The summed E-state index contributed by atoms with van der Waals surface area (Å²) in [5.41, 5.74) is 8.05. The van der Waals surface area contributed by atoms with Crippen molar-refractivity contribution in [3.05, 3.63) is 59.7 Å². The van der Waals surface area contributed by atoms with E-state index < -0.39 is 0 Å². The van der Waals surface area contributed by atoms with Crippen LogP contribution < -0.4 is 10.5 Å². The average molecular weight is 259 g/mol. The van der Waals surface area contributed by atoms with Gasteiger partial charge in [-0.2, -0.15) is 0 Å². The van der Waals surface area contributed by atoms with E-state index in [1.807, 2.05) is 12.1 Å². The summed E-state index contributed by atoms with van der Waals surface area (Å²) in [7, 11) is 1.69. The molecule has 2 aromatic carbocycles. The summed E-state index contributed by atoms with van der Waals surface area (Å²) in [6.07, 6.45) is 0. The number of methoxy groups -OCH3 is 1. The molecule has 0 aliphatic heterocycles. The summed E-state index contributed by atoms with van der Waals surface area (Å²) in [6, 6.07) is 16.6. The molecule has 0 fully saturated rings. The normalized spacial score (nSPS) is 10.3. The molecule has 0 saturated carbocycles. The van der Waals surface area contributed by atoms with Gasteiger partial charge >= 0.3 is 0 Å². The summed E-state index contributed by atoms with van der Waals surface area (Å²) in [4.78, 5) is 1.22. The Labute approximate surface area is 112 Å². The molecule has 0 saturated heterocycles. The SMILES string of the molecule is COc1cccc(SCc2ccc(CN)cc2)c1. The lowest BCUT2D eigenvalue weighted by Gasteiger charge is -2.05. The maximum absolute atomic E-state index is 5.58. The first kappa shape index (κ1) is 13.0. The maximum Gasteiger partial charge on any atom is 0.119 e. The molecule has 2 N–H and O–H groups in total. The molecule has 0 radical (unpaired) electrons. The van der Waals surface area contributed by atoms with Gasteiger partial charge in [-0.3, -0.25) is 0 Å². The monoisotopic (exact) mass is 259 g/mol. The predicted octanol–water partition coefficient (Wildman–Crippen LogP) is 3.45. The Morgan fingerprint density at radius 3 is 2.44 bits per heavy atom. The predicted molar refractivity (Wildman–Crippen MR) is 76.9 cm³/mol. The fourth-order valence-corrected chi connectivity index (χ4v) is 2.53. The second-order valence-corrected chi connectivity index (χ2v) is 5.04. The van der Waals surface area contributed by atoms with Crippen LogP contribution in [0.15, 0.2) is 53.4 Å². The smallest absolute Gasteiger partial charge is 0.119 e. The van der Waals surface area contributed by atoms with E-state index in [2.05, 4.69) is 36.4 Å². The molecule has 3 heteroatoms. The minimum absolute atomic E-state index is 0.601. The van der Waals surface area contributed by atoms with Gasteiger partial charge in [-0.25, -0.2) is 0 Å². The topological polar surface area (TPSA) is 35.2 Å². The summed E-state index contributed by atoms with van der Waals surface area (Å²) in [6.45, 7) is 0.601. The van der Waals surface area contributed by atoms with Crippen LogP contribution in [-0.2, 0) is 12.3 Å². The molecule has 94 valence electrons. The molecule has 2 aromatic rings. The summed E-state index contributed by atoms with van der Waals surface area (Å²) < 4.78 is 5.21. The zero-order chi connectivity index (χ0) is 12.8. The van der Waals surface area contributed by atoms with Crippen LogP contribution in [0.25, 0.3) is 0 Å². The van der Waals surface area contributed by atoms with Gasteiger partial charge in [-0.15, -0.1) is 11.8 Å². The van der Waals surface area contributed by atoms with Crippen LogP contribution in [0.3, 0.4) is 0 Å². The Bertz CT molecular complexity index is 496. The molecule has 0 bridgehead atoms. The number of hydrogen-bond acceptors (Lipinski definition) is 3. The molecule has 0 heterocycles. The average Bonchev–Trinajstić information content (AvgIpc) is 2.46. The van der Waals surface area contributed by atoms with Gasteiger partial charge in [-0.05, 0) is 29.3 Å². The van der Waals surface area contributed by atoms with Gasteiger partial charge in [0.15, 0.2) is 0 Å². The van der Waals surface area contributed by atoms with Crippen LogP contribution in [-0.4, -0.2) is 7.11 Å². The molecule has 18 heavy (non-hydrogen) atoms. The summed E-state index contributed by atoms with van der Waals surface area (Å²) in [5.74, 6) is 1.86. The van der Waals surface area contributed by atoms with Gasteiger partial charge in [0.05, 0.1) is 7.11 Å². The number of nitrogens with two attached hydrogens (primary N) is 1. The van der Waals surface area contributed by atoms with Crippen LogP contribution in [0.2, 0.25) is 0 Å². The molecule has 0 spiro atoms. The Morgan fingerprint density at radius 2 is 1.78 bits per heavy atom. The standard InChI is InChI=1S/C15H17NOS/c1-17-14-3-2-4-15(9-14)18-11-13-7-5-12(10-16)6-8-13/h2-9H,10-11,16H2,1H3. The van der Waals surface area contributed by atoms with Gasteiger partial charge in [0.2, 0.25) is 0 Å². The van der Waals surface area contributed by atoms with E-state index in [0.29, 0.717) is 6.54 Å². The molecule has 0 atom stereocenters. The second-order valence-electron chi connectivity index (χ2n) is 3.99. The summed E-state index contributed by atoms with van der Waals surface area (Å²) >= 11 is 1.81. The third-order valence-electron chi connectivity index (χ3n) is 2.71. The molecule has 2 nitrogen and oxygen atoms in total. The van der Waals surface area contributed by atoms with Crippen LogP contribution in [0, 0.1) is 0 Å². The van der Waals surface area contributed by atoms with Crippen molar-refractivity contribution in [2.45, 2.75) is 17.2 Å². The largest absolute Gasteiger partial charge is 0.497 e. The van der Waals surface area contributed by atoms with Crippen molar-refractivity contribution in [3.8, 4) is 5.75 Å². The fourth-order valence-electron chi connectivity index (χ4n) is 1.63. The lowest BCUT2D eigenvalue weighted by atomic mass is 10.1. The Hall–Kier alpha value is -1.45. The lowest BCUT2D eigenvalue weighted by Crippen LogP contribution is -1.95. The van der Waals surface area contributed by atoms with Crippen molar-refractivity contribution in [1.82, 2.24) is 0 Å². The molecule has 0 aliphatic rings. The molecular formula is C15H17NOS. The Morgan fingerprint density at radius 1 is 1.06 bits per heavy atom. The first-order valence-electron chi connectivity index (χ1n) is 5.86. The number of ether oxygens (including phenoxy) is 1. The van der Waals surface area contributed by atoms with Crippen molar-refractivity contribution in [3.63, 3.8) is 0 Å². The number of benzene rings is 2. The molecule has 0 aliphatic carbocycles. The number of hydrogen-bond donors (Lipinski definition) is 1. The zero-order valence-electron chi connectivity index (χ0n) is 10.4. The first-order chi connectivity index (χ1) is 8.81. The van der Waals surface area contributed by atoms with Gasteiger partial charge < -0.3 is 10.5 Å².